The molecule has 0 spiro atoms. The zero-order chi connectivity index (χ0) is 18.7. The minimum absolute atomic E-state index is 0.0272. The third-order valence-corrected chi connectivity index (χ3v) is 3.81. The Morgan fingerprint density at radius 1 is 0.750 bits per heavy atom. The highest BCUT2D eigenvalue weighted by atomic mass is 14.7. The van der Waals surface area contributed by atoms with E-state index in [-0.39, 0.29) is 22.3 Å². The Morgan fingerprint density at radius 2 is 1.21 bits per heavy atom. The first-order valence-corrected chi connectivity index (χ1v) is 8.06. The number of nitrogen functional groups attached to an aromatic ring is 2. The molecule has 0 aliphatic heterocycles. The molecule has 1 aliphatic carbocycles. The molecule has 0 saturated carbocycles. The van der Waals surface area contributed by atoms with E-state index in [9.17, 15) is 0 Å². The first-order valence-electron chi connectivity index (χ1n) is 8.06. The highest BCUT2D eigenvalue weighted by molar-refractivity contribution is 6.48. The topological polar surface area (TPSA) is 99.7 Å². The molecule has 0 unspecified atom stereocenters. The van der Waals surface area contributed by atoms with Gasteiger partial charge >= 0.3 is 0 Å². The average Bonchev–Trinajstić information content (AvgIpc) is 2.43. The molecule has 0 saturated heterocycles. The van der Waals surface area contributed by atoms with E-state index in [4.69, 9.17) is 22.3 Å². The van der Waals surface area contributed by atoms with Crippen LogP contribution in [0.2, 0.25) is 0 Å². The summed E-state index contributed by atoms with van der Waals surface area (Å²) in [6.45, 7) is 13.0. The van der Waals surface area contributed by atoms with Gasteiger partial charge in [0.25, 0.3) is 0 Å². The lowest BCUT2D eigenvalue weighted by atomic mass is 9.79. The van der Waals surface area contributed by atoms with Gasteiger partial charge in [0.05, 0.1) is 22.8 Å². The van der Waals surface area contributed by atoms with Crippen LogP contribution in [0.25, 0.3) is 0 Å². The van der Waals surface area contributed by atoms with Crippen molar-refractivity contribution in [1.82, 2.24) is 0 Å². The van der Waals surface area contributed by atoms with Gasteiger partial charge in [-0.25, -0.2) is 0 Å². The lowest BCUT2D eigenvalue weighted by molar-refractivity contribution is 0.570. The minimum Gasteiger partial charge on any atom is -0.397 e. The van der Waals surface area contributed by atoms with Gasteiger partial charge in [0.15, 0.2) is 0 Å². The fourth-order valence-electron chi connectivity index (χ4n) is 2.21. The van der Waals surface area contributed by atoms with Gasteiger partial charge in [0, 0.05) is 0 Å². The van der Waals surface area contributed by atoms with Gasteiger partial charge in [-0.2, -0.15) is 0 Å². The van der Waals surface area contributed by atoms with Gasteiger partial charge in [-0.3, -0.25) is 10.8 Å². The molecule has 0 radical (unpaired) electrons. The predicted molar refractivity (Wildman–Crippen MR) is 106 cm³/mol. The molecular weight excluding hydrogens is 296 g/mol. The van der Waals surface area contributed by atoms with E-state index >= 15 is 0 Å². The molecule has 2 rings (SSSR count). The summed E-state index contributed by atoms with van der Waals surface area (Å²) >= 11 is 0. The van der Waals surface area contributed by atoms with Crippen molar-refractivity contribution in [1.29, 1.82) is 10.8 Å². The number of allylic oxidation sites excluding steroid dienone is 4. The van der Waals surface area contributed by atoms with Crippen LogP contribution < -0.4 is 11.5 Å². The largest absolute Gasteiger partial charge is 0.397 e. The maximum absolute atomic E-state index is 7.03. The number of nitrogens with one attached hydrogen (secondary N) is 2. The van der Waals surface area contributed by atoms with Crippen molar-refractivity contribution < 1.29 is 0 Å². The molecule has 0 heterocycles. The monoisotopic (exact) mass is 326 g/mol. The normalized spacial score (nSPS) is 14.4. The van der Waals surface area contributed by atoms with Crippen molar-refractivity contribution in [3.63, 3.8) is 0 Å². The summed E-state index contributed by atoms with van der Waals surface area (Å²) in [4.78, 5) is 0. The molecule has 1 aromatic rings. The van der Waals surface area contributed by atoms with Crippen molar-refractivity contribution in [2.75, 3.05) is 11.5 Å². The SMILES string of the molecule is CC(C)(C)c1cc(N)c(N)c(C(C)(C)C)c1.N=C1C=CC=CC1=N. The highest BCUT2D eigenvalue weighted by Gasteiger charge is 2.22. The molecule has 0 amide bonds. The number of benzene rings is 1. The van der Waals surface area contributed by atoms with E-state index < -0.39 is 0 Å². The van der Waals surface area contributed by atoms with Crippen LogP contribution in [0.4, 0.5) is 11.4 Å². The Labute approximate surface area is 145 Å². The molecule has 4 nitrogen and oxygen atoms in total. The van der Waals surface area contributed by atoms with Gasteiger partial charge in [-0.1, -0.05) is 59.8 Å². The summed E-state index contributed by atoms with van der Waals surface area (Å²) in [7, 11) is 0. The second kappa shape index (κ2) is 7.04. The molecule has 130 valence electrons. The molecule has 0 aromatic heterocycles. The van der Waals surface area contributed by atoms with Crippen LogP contribution in [0.15, 0.2) is 36.4 Å². The Morgan fingerprint density at radius 3 is 1.54 bits per heavy atom. The standard InChI is InChI=1S/C14H24N2.C6H6N2/c1-13(2,3)9-7-10(14(4,5)6)12(16)11(15)8-9;7-5-3-1-2-4-6(5)8/h7-8H,15-16H2,1-6H3;1-4,7-8H. The maximum Gasteiger partial charge on any atom is 0.0789 e. The Hall–Kier alpha value is -2.36. The summed E-state index contributed by atoms with van der Waals surface area (Å²) < 4.78 is 0. The number of anilines is 2. The van der Waals surface area contributed by atoms with Crippen LogP contribution in [-0.2, 0) is 10.8 Å². The Kier molecular flexibility index (Phi) is 5.77. The number of nitrogens with two attached hydrogens (primary N) is 2. The highest BCUT2D eigenvalue weighted by Crippen LogP contribution is 2.36. The van der Waals surface area contributed by atoms with Crippen molar-refractivity contribution >= 4 is 22.8 Å². The van der Waals surface area contributed by atoms with Crippen LogP contribution in [0.3, 0.4) is 0 Å². The summed E-state index contributed by atoms with van der Waals surface area (Å²) in [5, 5.41) is 14.1. The summed E-state index contributed by atoms with van der Waals surface area (Å²) in [6, 6.07) is 4.18. The minimum atomic E-state index is 0.0272. The second-order valence-electron chi connectivity index (χ2n) is 8.07. The van der Waals surface area contributed by atoms with E-state index in [1.54, 1.807) is 24.3 Å². The zero-order valence-electron chi connectivity index (χ0n) is 15.6. The Bertz CT molecular complexity index is 674. The third kappa shape index (κ3) is 5.08. The smallest absolute Gasteiger partial charge is 0.0789 e. The van der Waals surface area contributed by atoms with E-state index in [0.717, 1.165) is 11.3 Å². The van der Waals surface area contributed by atoms with E-state index in [0.29, 0.717) is 5.69 Å². The fourth-order valence-corrected chi connectivity index (χ4v) is 2.21. The van der Waals surface area contributed by atoms with Gasteiger partial charge in [0.2, 0.25) is 0 Å². The molecule has 0 fully saturated rings. The maximum atomic E-state index is 7.03. The van der Waals surface area contributed by atoms with Crippen LogP contribution >= 0.6 is 0 Å². The molecule has 4 heteroatoms. The molecule has 0 atom stereocenters. The summed E-state index contributed by atoms with van der Waals surface area (Å²) in [5.41, 5.74) is 16.5. The molecule has 0 bridgehead atoms. The average molecular weight is 326 g/mol. The first-order chi connectivity index (χ1) is 10.8. The van der Waals surface area contributed by atoms with Gasteiger partial charge in [-0.05, 0) is 40.2 Å². The number of hydrogen-bond donors (Lipinski definition) is 4. The van der Waals surface area contributed by atoms with Crippen molar-refractivity contribution in [2.24, 2.45) is 0 Å². The van der Waals surface area contributed by atoms with E-state index in [1.807, 2.05) is 6.07 Å². The Balaban J connectivity index is 0.000000300. The predicted octanol–water partition coefficient (Wildman–Crippen LogP) is 4.60. The fraction of sp³-hybridized carbons (Fsp3) is 0.400. The molecule has 1 aromatic carbocycles. The van der Waals surface area contributed by atoms with Gasteiger partial charge in [0.1, 0.15) is 0 Å². The van der Waals surface area contributed by atoms with Crippen LogP contribution in [0, 0.1) is 10.8 Å². The van der Waals surface area contributed by atoms with Crippen LogP contribution in [0.1, 0.15) is 52.7 Å². The first kappa shape index (κ1) is 19.7. The number of rotatable bonds is 0. The van der Waals surface area contributed by atoms with Gasteiger partial charge < -0.3 is 11.5 Å². The lowest BCUT2D eigenvalue weighted by Gasteiger charge is -2.27. The van der Waals surface area contributed by atoms with Crippen molar-refractivity contribution in [3.8, 4) is 0 Å². The van der Waals surface area contributed by atoms with Crippen LogP contribution in [0.5, 0.6) is 0 Å². The molecule has 1 aliphatic rings. The van der Waals surface area contributed by atoms with E-state index in [1.165, 1.54) is 5.56 Å². The quantitative estimate of drug-likeness (QED) is 0.414. The number of hydrogen-bond acceptors (Lipinski definition) is 4. The van der Waals surface area contributed by atoms with E-state index in [2.05, 4.69) is 47.6 Å². The second-order valence-corrected chi connectivity index (χ2v) is 8.07. The summed E-state index contributed by atoms with van der Waals surface area (Å²) in [6.07, 6.45) is 6.70. The van der Waals surface area contributed by atoms with Crippen molar-refractivity contribution in [3.05, 3.63) is 47.6 Å². The molecular formula is C20H30N4. The van der Waals surface area contributed by atoms with Crippen molar-refractivity contribution in [2.45, 2.75) is 52.4 Å². The lowest BCUT2D eigenvalue weighted by Crippen LogP contribution is -2.19. The third-order valence-electron chi connectivity index (χ3n) is 3.81. The van der Waals surface area contributed by atoms with Crippen LogP contribution in [-0.4, -0.2) is 11.4 Å². The molecule has 6 N–H and O–H groups in total. The molecule has 24 heavy (non-hydrogen) atoms. The zero-order valence-corrected chi connectivity index (χ0v) is 15.6. The van der Waals surface area contributed by atoms with Gasteiger partial charge in [-0.15, -0.1) is 0 Å². The summed E-state index contributed by atoms with van der Waals surface area (Å²) in [5.74, 6) is 0.